The van der Waals surface area contributed by atoms with Crippen LogP contribution in [-0.2, 0) is 4.79 Å². The van der Waals surface area contributed by atoms with Crippen molar-refractivity contribution in [1.29, 1.82) is 0 Å². The monoisotopic (exact) mass is 348 g/mol. The first-order valence-electron chi connectivity index (χ1n) is 8.78. The number of amides is 1. The molecule has 26 heavy (non-hydrogen) atoms. The molecule has 1 amide bonds. The second-order valence-corrected chi connectivity index (χ2v) is 6.68. The highest BCUT2D eigenvalue weighted by Crippen LogP contribution is 2.30. The van der Waals surface area contributed by atoms with Crippen LogP contribution in [0, 0.1) is 0 Å². The molecule has 132 valence electrons. The van der Waals surface area contributed by atoms with Gasteiger partial charge in [-0.1, -0.05) is 48.5 Å². The average Bonchev–Trinajstić information content (AvgIpc) is 3.31. The summed E-state index contributed by atoms with van der Waals surface area (Å²) in [6.45, 7) is 3.45. The third kappa shape index (κ3) is 3.35. The number of rotatable bonds is 5. The quantitative estimate of drug-likeness (QED) is 0.708. The molecule has 3 aromatic rings. The van der Waals surface area contributed by atoms with Crippen molar-refractivity contribution in [2.45, 2.75) is 25.2 Å². The van der Waals surface area contributed by atoms with Crippen LogP contribution in [0.3, 0.4) is 0 Å². The van der Waals surface area contributed by atoms with Crippen LogP contribution in [0.15, 0.2) is 59.3 Å². The maximum absolute atomic E-state index is 12.4. The van der Waals surface area contributed by atoms with Crippen LogP contribution in [0.2, 0.25) is 0 Å². The van der Waals surface area contributed by atoms with E-state index in [1.54, 1.807) is 6.20 Å². The largest absolute Gasteiger partial charge is 0.341 e. The fraction of sp³-hybridized carbons (Fsp3) is 0.300. The number of aromatic nitrogens is 3. The van der Waals surface area contributed by atoms with Crippen molar-refractivity contribution in [3.05, 3.63) is 66.2 Å². The summed E-state index contributed by atoms with van der Waals surface area (Å²) >= 11 is 0. The Morgan fingerprint density at radius 3 is 2.77 bits per heavy atom. The number of hydrogen-bond acceptors (Lipinski definition) is 5. The lowest BCUT2D eigenvalue weighted by Crippen LogP contribution is -2.29. The Morgan fingerprint density at radius 2 is 2.00 bits per heavy atom. The fourth-order valence-corrected chi connectivity index (χ4v) is 3.33. The average molecular weight is 348 g/mol. The summed E-state index contributed by atoms with van der Waals surface area (Å²) in [7, 11) is 0. The van der Waals surface area contributed by atoms with E-state index in [0.29, 0.717) is 36.9 Å². The van der Waals surface area contributed by atoms with E-state index in [0.717, 1.165) is 0 Å². The summed E-state index contributed by atoms with van der Waals surface area (Å²) in [4.78, 5) is 23.0. The second kappa shape index (κ2) is 7.07. The van der Waals surface area contributed by atoms with Gasteiger partial charge in [-0.2, -0.15) is 4.98 Å². The van der Waals surface area contributed by atoms with Gasteiger partial charge in [0.25, 0.3) is 0 Å². The molecule has 6 heteroatoms. The standard InChI is InChI=1S/C20H20N4O2/c1-14(15-7-3-2-4-8-15)12-24-13-16(11-18(24)25)20-22-19(23-26-20)17-9-5-6-10-21-17/h2-10,14,16H,11-13H2,1H3. The molecule has 0 bridgehead atoms. The zero-order valence-electron chi connectivity index (χ0n) is 14.6. The van der Waals surface area contributed by atoms with Gasteiger partial charge in [0.15, 0.2) is 0 Å². The Morgan fingerprint density at radius 1 is 1.19 bits per heavy atom. The summed E-state index contributed by atoms with van der Waals surface area (Å²) in [5.74, 6) is 1.33. The van der Waals surface area contributed by atoms with Crippen LogP contribution < -0.4 is 0 Å². The molecule has 0 aliphatic carbocycles. The molecule has 4 rings (SSSR count). The van der Waals surface area contributed by atoms with Crippen molar-refractivity contribution >= 4 is 5.91 Å². The van der Waals surface area contributed by atoms with Crippen molar-refractivity contribution in [2.75, 3.05) is 13.1 Å². The van der Waals surface area contributed by atoms with E-state index in [-0.39, 0.29) is 17.7 Å². The minimum atomic E-state index is -0.0598. The topological polar surface area (TPSA) is 72.1 Å². The first-order valence-corrected chi connectivity index (χ1v) is 8.78. The third-order valence-corrected chi connectivity index (χ3v) is 4.76. The van der Waals surface area contributed by atoms with E-state index >= 15 is 0 Å². The first-order chi connectivity index (χ1) is 12.7. The van der Waals surface area contributed by atoms with Gasteiger partial charge in [-0.3, -0.25) is 9.78 Å². The van der Waals surface area contributed by atoms with E-state index in [2.05, 4.69) is 34.2 Å². The van der Waals surface area contributed by atoms with Gasteiger partial charge in [-0.15, -0.1) is 0 Å². The summed E-state index contributed by atoms with van der Waals surface area (Å²) in [6.07, 6.45) is 2.10. The van der Waals surface area contributed by atoms with Crippen LogP contribution in [0.4, 0.5) is 0 Å². The molecule has 2 atom stereocenters. The maximum atomic E-state index is 12.4. The number of pyridine rings is 1. The lowest BCUT2D eigenvalue weighted by molar-refractivity contribution is -0.127. The Kier molecular flexibility index (Phi) is 4.48. The van der Waals surface area contributed by atoms with Gasteiger partial charge >= 0.3 is 0 Å². The van der Waals surface area contributed by atoms with Crippen LogP contribution in [0.1, 0.15) is 36.6 Å². The molecule has 1 aliphatic heterocycles. The van der Waals surface area contributed by atoms with Crippen molar-refractivity contribution in [3.63, 3.8) is 0 Å². The predicted octanol–water partition coefficient (Wildman–Crippen LogP) is 3.25. The van der Waals surface area contributed by atoms with Crippen molar-refractivity contribution in [2.24, 2.45) is 0 Å². The first kappa shape index (κ1) is 16.4. The Balaban J connectivity index is 1.44. The highest BCUT2D eigenvalue weighted by atomic mass is 16.5. The van der Waals surface area contributed by atoms with Gasteiger partial charge in [-0.05, 0) is 23.6 Å². The minimum absolute atomic E-state index is 0.0598. The smallest absolute Gasteiger partial charge is 0.232 e. The van der Waals surface area contributed by atoms with E-state index in [1.165, 1.54) is 5.56 Å². The SMILES string of the molecule is CC(CN1CC(c2nc(-c3ccccn3)no2)CC1=O)c1ccccc1. The highest BCUT2D eigenvalue weighted by Gasteiger charge is 2.35. The van der Waals surface area contributed by atoms with E-state index in [9.17, 15) is 4.79 Å². The molecule has 1 fully saturated rings. The molecule has 3 heterocycles. The van der Waals surface area contributed by atoms with Crippen molar-refractivity contribution in [1.82, 2.24) is 20.0 Å². The van der Waals surface area contributed by atoms with Gasteiger partial charge in [0.05, 0.1) is 5.92 Å². The van der Waals surface area contributed by atoms with Gasteiger partial charge < -0.3 is 9.42 Å². The van der Waals surface area contributed by atoms with Gasteiger partial charge in [-0.25, -0.2) is 0 Å². The Labute approximate surface area is 151 Å². The zero-order chi connectivity index (χ0) is 17.9. The van der Waals surface area contributed by atoms with Crippen LogP contribution in [0.25, 0.3) is 11.5 Å². The molecule has 1 aliphatic rings. The summed E-state index contributed by atoms with van der Waals surface area (Å²) in [5, 5.41) is 4.01. The Bertz CT molecular complexity index is 879. The predicted molar refractivity (Wildman–Crippen MR) is 96.3 cm³/mol. The summed E-state index contributed by atoms with van der Waals surface area (Å²) in [6, 6.07) is 15.8. The lowest BCUT2D eigenvalue weighted by Gasteiger charge is -2.21. The molecule has 0 spiro atoms. The van der Waals surface area contributed by atoms with Crippen LogP contribution in [-0.4, -0.2) is 39.0 Å². The molecular formula is C20H20N4O2. The molecule has 2 unspecified atom stereocenters. The van der Waals surface area contributed by atoms with E-state index in [1.807, 2.05) is 41.3 Å². The van der Waals surface area contributed by atoms with E-state index in [4.69, 9.17) is 4.52 Å². The molecule has 1 saturated heterocycles. The summed E-state index contributed by atoms with van der Waals surface area (Å²) in [5.41, 5.74) is 1.90. The fourth-order valence-electron chi connectivity index (χ4n) is 3.33. The summed E-state index contributed by atoms with van der Waals surface area (Å²) < 4.78 is 5.41. The zero-order valence-corrected chi connectivity index (χ0v) is 14.6. The second-order valence-electron chi connectivity index (χ2n) is 6.68. The van der Waals surface area contributed by atoms with Gasteiger partial charge in [0.2, 0.25) is 17.6 Å². The number of hydrogen-bond donors (Lipinski definition) is 0. The molecule has 2 aromatic heterocycles. The van der Waals surface area contributed by atoms with Crippen LogP contribution in [0.5, 0.6) is 0 Å². The normalized spacial score (nSPS) is 18.3. The third-order valence-electron chi connectivity index (χ3n) is 4.76. The lowest BCUT2D eigenvalue weighted by atomic mass is 10.0. The van der Waals surface area contributed by atoms with Gasteiger partial charge in [0.1, 0.15) is 5.69 Å². The molecular weight excluding hydrogens is 328 g/mol. The highest BCUT2D eigenvalue weighted by molar-refractivity contribution is 5.79. The number of carbonyl (C=O) groups excluding carboxylic acids is 1. The molecule has 6 nitrogen and oxygen atoms in total. The number of nitrogens with zero attached hydrogens (tertiary/aromatic N) is 4. The van der Waals surface area contributed by atoms with Crippen molar-refractivity contribution in [3.8, 4) is 11.5 Å². The van der Waals surface area contributed by atoms with Gasteiger partial charge in [0, 0.05) is 25.7 Å². The van der Waals surface area contributed by atoms with Crippen LogP contribution >= 0.6 is 0 Å². The number of likely N-dealkylation sites (tertiary alicyclic amines) is 1. The Hall–Kier alpha value is -3.02. The molecule has 0 saturated carbocycles. The number of benzene rings is 1. The molecule has 0 radical (unpaired) electrons. The van der Waals surface area contributed by atoms with Crippen molar-refractivity contribution < 1.29 is 9.32 Å². The number of carbonyl (C=O) groups is 1. The van der Waals surface area contributed by atoms with E-state index < -0.39 is 0 Å². The molecule has 0 N–H and O–H groups in total. The minimum Gasteiger partial charge on any atom is -0.341 e. The molecule has 1 aromatic carbocycles. The maximum Gasteiger partial charge on any atom is 0.232 e.